The summed E-state index contributed by atoms with van der Waals surface area (Å²) in [4.78, 5) is 17.1. The lowest BCUT2D eigenvalue weighted by Gasteiger charge is -2.43. The molecule has 2 unspecified atom stereocenters. The van der Waals surface area contributed by atoms with Crippen LogP contribution in [0.1, 0.15) is 54.4 Å². The van der Waals surface area contributed by atoms with Crippen LogP contribution in [0.15, 0.2) is 60.7 Å². The summed E-state index contributed by atoms with van der Waals surface area (Å²) in [6.45, 7) is 17.2. The van der Waals surface area contributed by atoms with E-state index in [2.05, 4.69) is 86.3 Å². The second kappa shape index (κ2) is 10.7. The Kier molecular flexibility index (Phi) is 7.98. The first-order valence-corrected chi connectivity index (χ1v) is 15.4. The van der Waals surface area contributed by atoms with E-state index in [1.807, 2.05) is 25.7 Å². The monoisotopic (exact) mass is 508 g/mol. The summed E-state index contributed by atoms with van der Waals surface area (Å²) in [5.41, 5.74) is -0.452. The van der Waals surface area contributed by atoms with Crippen LogP contribution in [-0.4, -0.2) is 68.6 Å². The van der Waals surface area contributed by atoms with Gasteiger partial charge >= 0.3 is 6.09 Å². The molecule has 0 bridgehead atoms. The molecule has 0 radical (unpaired) electrons. The molecular formula is C30H44N2O3Si. The van der Waals surface area contributed by atoms with Gasteiger partial charge in [-0.15, -0.1) is 0 Å². The predicted octanol–water partition coefficient (Wildman–Crippen LogP) is 4.89. The van der Waals surface area contributed by atoms with E-state index < -0.39 is 13.9 Å². The largest absolute Gasteiger partial charge is 0.444 e. The molecule has 4 rings (SSSR count). The molecule has 5 nitrogen and oxygen atoms in total. The van der Waals surface area contributed by atoms with Gasteiger partial charge in [0.25, 0.3) is 8.32 Å². The van der Waals surface area contributed by atoms with Crippen molar-refractivity contribution < 1.29 is 14.0 Å². The van der Waals surface area contributed by atoms with Crippen molar-refractivity contribution in [3.8, 4) is 0 Å². The van der Waals surface area contributed by atoms with Crippen LogP contribution in [0.5, 0.6) is 0 Å². The molecule has 2 heterocycles. The topological polar surface area (TPSA) is 42.0 Å². The number of ether oxygens (including phenoxy) is 1. The van der Waals surface area contributed by atoms with Crippen LogP contribution in [-0.2, 0) is 9.16 Å². The maximum atomic E-state index is 12.6. The van der Waals surface area contributed by atoms with Crippen molar-refractivity contribution in [1.82, 2.24) is 9.80 Å². The van der Waals surface area contributed by atoms with Gasteiger partial charge in [0.2, 0.25) is 0 Å². The van der Waals surface area contributed by atoms with Crippen LogP contribution in [0.4, 0.5) is 4.79 Å². The molecular weight excluding hydrogens is 464 g/mol. The molecule has 2 aromatic rings. The number of carbonyl (C=O) groups is 1. The molecule has 0 aromatic heterocycles. The zero-order valence-electron chi connectivity index (χ0n) is 23.0. The maximum absolute atomic E-state index is 12.6. The van der Waals surface area contributed by atoms with Crippen molar-refractivity contribution in [2.24, 2.45) is 5.92 Å². The third kappa shape index (κ3) is 5.71. The molecule has 2 aromatic carbocycles. The van der Waals surface area contributed by atoms with Gasteiger partial charge < -0.3 is 14.1 Å². The molecule has 36 heavy (non-hydrogen) atoms. The van der Waals surface area contributed by atoms with Crippen LogP contribution in [0.25, 0.3) is 0 Å². The summed E-state index contributed by atoms with van der Waals surface area (Å²) >= 11 is 0. The number of carbonyl (C=O) groups excluding carboxylic acids is 1. The minimum Gasteiger partial charge on any atom is -0.444 e. The van der Waals surface area contributed by atoms with E-state index in [0.29, 0.717) is 12.0 Å². The summed E-state index contributed by atoms with van der Waals surface area (Å²) in [5, 5.41) is 2.65. The first-order chi connectivity index (χ1) is 17.0. The highest BCUT2D eigenvalue weighted by atomic mass is 28.4. The minimum atomic E-state index is -2.49. The number of likely N-dealkylation sites (tertiary alicyclic amines) is 2. The summed E-state index contributed by atoms with van der Waals surface area (Å²) in [6, 6.07) is 22.1. The summed E-state index contributed by atoms with van der Waals surface area (Å²) in [5.74, 6) is 0.551. The average molecular weight is 509 g/mol. The Bertz CT molecular complexity index is 961. The summed E-state index contributed by atoms with van der Waals surface area (Å²) in [7, 11) is -2.49. The van der Waals surface area contributed by atoms with Crippen LogP contribution in [0.2, 0.25) is 5.04 Å². The average Bonchev–Trinajstić information content (AvgIpc) is 3.40. The standard InChI is InChI=1S/C30H44N2O3Si/c1-29(2,3)35-28(33)32-22-24-18-20-31(27(24)23-32)19-13-21-34-36(30(4,5)6,25-14-9-7-10-15-25)26-16-11-8-12-17-26/h7-12,14-17,24,27H,13,18-23H2,1-6H3. The minimum absolute atomic E-state index is 0.00613. The van der Waals surface area contributed by atoms with Crippen LogP contribution >= 0.6 is 0 Å². The molecule has 196 valence electrons. The Morgan fingerprint density at radius 1 is 0.917 bits per heavy atom. The van der Waals surface area contributed by atoms with Gasteiger partial charge in [-0.3, -0.25) is 4.90 Å². The van der Waals surface area contributed by atoms with Crippen molar-refractivity contribution in [2.45, 2.75) is 71.1 Å². The van der Waals surface area contributed by atoms with Crippen LogP contribution in [0, 0.1) is 5.92 Å². The van der Waals surface area contributed by atoms with E-state index in [1.165, 1.54) is 10.4 Å². The highest BCUT2D eigenvalue weighted by Crippen LogP contribution is 2.37. The van der Waals surface area contributed by atoms with Crippen molar-refractivity contribution in [3.63, 3.8) is 0 Å². The van der Waals surface area contributed by atoms with Crippen molar-refractivity contribution in [1.29, 1.82) is 0 Å². The van der Waals surface area contributed by atoms with Gasteiger partial charge in [-0.05, 0) is 61.5 Å². The number of hydrogen-bond acceptors (Lipinski definition) is 4. The molecule has 2 aliphatic heterocycles. The molecule has 2 atom stereocenters. The van der Waals surface area contributed by atoms with Crippen molar-refractivity contribution >= 4 is 24.8 Å². The second-order valence-corrected chi connectivity index (χ2v) is 16.7. The zero-order valence-corrected chi connectivity index (χ0v) is 24.0. The number of fused-ring (bicyclic) bond motifs is 1. The molecule has 2 fully saturated rings. The molecule has 0 N–H and O–H groups in total. The second-order valence-electron chi connectivity index (χ2n) is 12.4. The number of nitrogens with zero attached hydrogens (tertiary/aromatic N) is 2. The Balaban J connectivity index is 1.42. The van der Waals surface area contributed by atoms with Crippen molar-refractivity contribution in [3.05, 3.63) is 60.7 Å². The van der Waals surface area contributed by atoms with Crippen LogP contribution < -0.4 is 10.4 Å². The number of benzene rings is 2. The highest BCUT2D eigenvalue weighted by Gasteiger charge is 2.50. The third-order valence-electron chi connectivity index (χ3n) is 7.64. The predicted molar refractivity (Wildman–Crippen MR) is 149 cm³/mol. The summed E-state index contributed by atoms with van der Waals surface area (Å²) in [6.07, 6.45) is 1.96. The van der Waals surface area contributed by atoms with Crippen molar-refractivity contribution in [2.75, 3.05) is 32.8 Å². The number of rotatable bonds is 7. The Morgan fingerprint density at radius 3 is 2.03 bits per heavy atom. The maximum Gasteiger partial charge on any atom is 0.410 e. The molecule has 6 heteroatoms. The van der Waals surface area contributed by atoms with Gasteiger partial charge in [0.1, 0.15) is 5.60 Å². The lowest BCUT2D eigenvalue weighted by atomic mass is 10.1. The smallest absolute Gasteiger partial charge is 0.410 e. The van der Waals surface area contributed by atoms with Gasteiger partial charge in [0.05, 0.1) is 0 Å². The fourth-order valence-corrected chi connectivity index (χ4v) is 10.7. The van der Waals surface area contributed by atoms with E-state index in [4.69, 9.17) is 9.16 Å². The summed E-state index contributed by atoms with van der Waals surface area (Å²) < 4.78 is 12.7. The van der Waals surface area contributed by atoms with Gasteiger partial charge in [-0.1, -0.05) is 81.4 Å². The lowest BCUT2D eigenvalue weighted by molar-refractivity contribution is 0.0272. The number of hydrogen-bond donors (Lipinski definition) is 0. The Morgan fingerprint density at radius 2 is 1.50 bits per heavy atom. The lowest BCUT2D eigenvalue weighted by Crippen LogP contribution is -2.66. The van der Waals surface area contributed by atoms with Gasteiger partial charge in [-0.25, -0.2) is 4.79 Å². The number of amides is 1. The molecule has 0 spiro atoms. The SMILES string of the molecule is CC(C)(C)OC(=O)N1CC2CCN(CCCO[Si](c3ccccc3)(c3ccccc3)C(C)(C)C)C2C1. The fourth-order valence-electron chi connectivity index (χ4n) is 6.06. The fraction of sp³-hybridized carbons (Fsp3) is 0.567. The molecule has 1 amide bonds. The zero-order chi connectivity index (χ0) is 26.0. The molecule has 0 saturated carbocycles. The normalized spacial score (nSPS) is 21.0. The van der Waals surface area contributed by atoms with E-state index >= 15 is 0 Å². The Hall–Kier alpha value is -2.15. The van der Waals surface area contributed by atoms with Crippen LogP contribution in [0.3, 0.4) is 0 Å². The molecule has 2 saturated heterocycles. The quantitative estimate of drug-likeness (QED) is 0.394. The van der Waals surface area contributed by atoms with E-state index in [-0.39, 0.29) is 11.1 Å². The first-order valence-electron chi connectivity index (χ1n) is 13.5. The van der Waals surface area contributed by atoms with Gasteiger partial charge in [0, 0.05) is 32.3 Å². The van der Waals surface area contributed by atoms with E-state index in [9.17, 15) is 4.79 Å². The molecule has 2 aliphatic rings. The first kappa shape index (κ1) is 26.9. The van der Waals surface area contributed by atoms with E-state index in [1.54, 1.807) is 0 Å². The van der Waals surface area contributed by atoms with E-state index in [0.717, 1.165) is 45.6 Å². The Labute approximate surface area is 218 Å². The molecule has 0 aliphatic carbocycles. The van der Waals surface area contributed by atoms with Gasteiger partial charge in [0.15, 0.2) is 0 Å². The van der Waals surface area contributed by atoms with Gasteiger partial charge in [-0.2, -0.15) is 0 Å². The third-order valence-corrected chi connectivity index (χ3v) is 12.7. The highest BCUT2D eigenvalue weighted by molar-refractivity contribution is 6.99.